The van der Waals surface area contributed by atoms with E-state index in [9.17, 15) is 0 Å². The fourth-order valence-electron chi connectivity index (χ4n) is 0.617. The van der Waals surface area contributed by atoms with E-state index in [0.717, 1.165) is 0 Å². The van der Waals surface area contributed by atoms with Gasteiger partial charge in [0, 0.05) is 4.91 Å². The van der Waals surface area contributed by atoms with Gasteiger partial charge in [-0.3, -0.25) is 0 Å². The Bertz CT molecular complexity index is 197. The molecule has 0 aromatic rings. The van der Waals surface area contributed by atoms with E-state index in [1.807, 2.05) is 25.2 Å². The minimum Gasteiger partial charge on any atom is -0.129 e. The van der Waals surface area contributed by atoms with Crippen LogP contribution in [0.5, 0.6) is 0 Å². The van der Waals surface area contributed by atoms with Gasteiger partial charge in [0.2, 0.25) is 0 Å². The van der Waals surface area contributed by atoms with E-state index in [1.54, 1.807) is 17.8 Å². The average molecular weight is 166 g/mol. The molecule has 0 rings (SSSR count). The normalized spacial score (nSPS) is 12.9. The van der Waals surface area contributed by atoms with Crippen molar-refractivity contribution in [2.24, 2.45) is 0 Å². The van der Waals surface area contributed by atoms with Gasteiger partial charge >= 0.3 is 0 Å². The van der Waals surface area contributed by atoms with Crippen LogP contribution in [0.25, 0.3) is 0 Å². The molecule has 0 saturated heterocycles. The number of thioether (sulfide) groups is 1. The highest BCUT2D eigenvalue weighted by Crippen LogP contribution is 2.18. The fourth-order valence-corrected chi connectivity index (χ4v) is 1.24. The molecular weight excluding hydrogens is 152 g/mol. The third-order valence-corrected chi connectivity index (χ3v) is 2.20. The number of allylic oxidation sites excluding steroid dienone is 5. The van der Waals surface area contributed by atoms with Gasteiger partial charge in [-0.2, -0.15) is 0 Å². The number of rotatable bonds is 4. The first-order valence-corrected chi connectivity index (χ1v) is 4.65. The maximum Gasteiger partial charge on any atom is 0.00981 e. The van der Waals surface area contributed by atoms with Gasteiger partial charge in [-0.05, 0) is 24.8 Å². The largest absolute Gasteiger partial charge is 0.129 e. The van der Waals surface area contributed by atoms with Crippen LogP contribution in [0.1, 0.15) is 6.92 Å². The Morgan fingerprint density at radius 3 is 2.36 bits per heavy atom. The van der Waals surface area contributed by atoms with Gasteiger partial charge in [0.05, 0.1) is 0 Å². The zero-order chi connectivity index (χ0) is 8.69. The Kier molecular flexibility index (Phi) is 5.67. The molecule has 0 spiro atoms. The maximum absolute atomic E-state index is 3.71. The summed E-state index contributed by atoms with van der Waals surface area (Å²) in [6.45, 7) is 9.36. The Labute approximate surface area is 73.4 Å². The van der Waals surface area contributed by atoms with Crippen molar-refractivity contribution in [2.75, 3.05) is 6.26 Å². The smallest absolute Gasteiger partial charge is 0.00981 e. The summed E-state index contributed by atoms with van der Waals surface area (Å²) < 4.78 is 0. The highest BCUT2D eigenvalue weighted by Gasteiger charge is 1.90. The molecule has 0 amide bonds. The van der Waals surface area contributed by atoms with E-state index < -0.39 is 0 Å². The number of hydrogen-bond acceptors (Lipinski definition) is 1. The summed E-state index contributed by atoms with van der Waals surface area (Å²) >= 11 is 1.72. The molecule has 0 aliphatic rings. The van der Waals surface area contributed by atoms with Crippen molar-refractivity contribution in [3.63, 3.8) is 0 Å². The van der Waals surface area contributed by atoms with Crippen LogP contribution in [0.15, 0.2) is 47.9 Å². The van der Waals surface area contributed by atoms with Gasteiger partial charge in [0.25, 0.3) is 0 Å². The van der Waals surface area contributed by atoms with Gasteiger partial charge in [-0.25, -0.2) is 0 Å². The molecule has 0 atom stereocenters. The van der Waals surface area contributed by atoms with E-state index in [0.29, 0.717) is 0 Å². The summed E-state index contributed by atoms with van der Waals surface area (Å²) in [7, 11) is 0. The Balaban J connectivity index is 4.50. The van der Waals surface area contributed by atoms with Crippen molar-refractivity contribution in [3.8, 4) is 0 Å². The first kappa shape index (κ1) is 10.3. The molecule has 0 aliphatic heterocycles. The molecule has 0 aliphatic carbocycles. The van der Waals surface area contributed by atoms with Gasteiger partial charge in [-0.15, -0.1) is 11.8 Å². The highest BCUT2D eigenvalue weighted by molar-refractivity contribution is 8.02. The molecule has 0 nitrogen and oxygen atoms in total. The SMILES string of the molecule is C=C/C=C\C(SC)=C(/C)C=C. The lowest BCUT2D eigenvalue weighted by atomic mass is 10.2. The lowest BCUT2D eigenvalue weighted by Crippen LogP contribution is -1.74. The van der Waals surface area contributed by atoms with Gasteiger partial charge in [0.1, 0.15) is 0 Å². The summed E-state index contributed by atoms with van der Waals surface area (Å²) in [4.78, 5) is 1.24. The standard InChI is InChI=1S/C10H14S/c1-5-7-8-10(11-4)9(3)6-2/h5-8H,1-2H2,3-4H3/b8-7-,10-9-. The van der Waals surface area contributed by atoms with Gasteiger partial charge in [-0.1, -0.05) is 31.4 Å². The van der Waals surface area contributed by atoms with Crippen LogP contribution in [-0.2, 0) is 0 Å². The van der Waals surface area contributed by atoms with E-state index in [2.05, 4.69) is 19.4 Å². The molecule has 0 fully saturated rings. The maximum atomic E-state index is 3.71. The van der Waals surface area contributed by atoms with Gasteiger partial charge in [0.15, 0.2) is 0 Å². The third-order valence-electron chi connectivity index (χ3n) is 1.30. The predicted octanol–water partition coefficient (Wildman–Crippen LogP) is 3.55. The van der Waals surface area contributed by atoms with Crippen LogP contribution in [0.3, 0.4) is 0 Å². The molecular formula is C10H14S. The van der Waals surface area contributed by atoms with E-state index in [1.165, 1.54) is 10.5 Å². The van der Waals surface area contributed by atoms with Crippen LogP contribution in [-0.4, -0.2) is 6.26 Å². The molecule has 11 heavy (non-hydrogen) atoms. The predicted molar refractivity (Wildman–Crippen MR) is 55.7 cm³/mol. The summed E-state index contributed by atoms with van der Waals surface area (Å²) in [5, 5.41) is 0. The Hall–Kier alpha value is -0.690. The van der Waals surface area contributed by atoms with Crippen molar-refractivity contribution in [2.45, 2.75) is 6.92 Å². The van der Waals surface area contributed by atoms with Crippen molar-refractivity contribution in [3.05, 3.63) is 47.9 Å². The molecule has 0 unspecified atom stereocenters. The Morgan fingerprint density at radius 2 is 2.00 bits per heavy atom. The zero-order valence-corrected chi connectivity index (χ0v) is 7.95. The van der Waals surface area contributed by atoms with Crippen LogP contribution in [0.2, 0.25) is 0 Å². The van der Waals surface area contributed by atoms with Crippen molar-refractivity contribution in [1.82, 2.24) is 0 Å². The van der Waals surface area contributed by atoms with E-state index in [4.69, 9.17) is 0 Å². The number of hydrogen-bond donors (Lipinski definition) is 0. The first-order valence-electron chi connectivity index (χ1n) is 3.42. The summed E-state index contributed by atoms with van der Waals surface area (Å²) in [5.41, 5.74) is 1.20. The molecule has 0 bridgehead atoms. The molecule has 0 saturated carbocycles. The topological polar surface area (TPSA) is 0 Å². The van der Waals surface area contributed by atoms with Crippen molar-refractivity contribution >= 4 is 11.8 Å². The molecule has 0 heterocycles. The van der Waals surface area contributed by atoms with Crippen molar-refractivity contribution in [1.29, 1.82) is 0 Å². The molecule has 0 aromatic carbocycles. The average Bonchev–Trinajstić information content (AvgIpc) is 2.05. The van der Waals surface area contributed by atoms with Crippen LogP contribution in [0, 0.1) is 0 Å². The van der Waals surface area contributed by atoms with Crippen molar-refractivity contribution < 1.29 is 0 Å². The zero-order valence-electron chi connectivity index (χ0n) is 7.13. The summed E-state index contributed by atoms with van der Waals surface area (Å²) in [6.07, 6.45) is 9.65. The monoisotopic (exact) mass is 166 g/mol. The second-order valence-corrected chi connectivity index (χ2v) is 2.90. The minimum absolute atomic E-state index is 1.20. The third kappa shape index (κ3) is 3.89. The van der Waals surface area contributed by atoms with Crippen LogP contribution < -0.4 is 0 Å². The molecule has 0 N–H and O–H groups in total. The minimum atomic E-state index is 1.20. The summed E-state index contributed by atoms with van der Waals surface area (Å²) in [6, 6.07) is 0. The van der Waals surface area contributed by atoms with E-state index in [-0.39, 0.29) is 0 Å². The Morgan fingerprint density at radius 1 is 1.36 bits per heavy atom. The molecule has 60 valence electrons. The highest BCUT2D eigenvalue weighted by atomic mass is 32.2. The quantitative estimate of drug-likeness (QED) is 0.575. The van der Waals surface area contributed by atoms with E-state index >= 15 is 0 Å². The lowest BCUT2D eigenvalue weighted by Gasteiger charge is -1.98. The lowest BCUT2D eigenvalue weighted by molar-refractivity contribution is 1.52. The summed E-state index contributed by atoms with van der Waals surface area (Å²) in [5.74, 6) is 0. The van der Waals surface area contributed by atoms with Crippen LogP contribution in [0.4, 0.5) is 0 Å². The second-order valence-electron chi connectivity index (χ2n) is 2.05. The van der Waals surface area contributed by atoms with Gasteiger partial charge < -0.3 is 0 Å². The second kappa shape index (κ2) is 6.05. The first-order chi connectivity index (χ1) is 5.26. The fraction of sp³-hybridized carbons (Fsp3) is 0.200. The van der Waals surface area contributed by atoms with Crippen LogP contribution >= 0.6 is 11.8 Å². The molecule has 0 aromatic heterocycles. The molecule has 1 heteroatoms. The molecule has 0 radical (unpaired) electrons.